The fourth-order valence-electron chi connectivity index (χ4n) is 1.20. The summed E-state index contributed by atoms with van der Waals surface area (Å²) in [4.78, 5) is 0. The Bertz CT molecular complexity index is 296. The molecule has 3 heteroatoms. The van der Waals surface area contributed by atoms with E-state index in [-0.39, 0.29) is 5.75 Å². The van der Waals surface area contributed by atoms with Gasteiger partial charge in [-0.1, -0.05) is 6.07 Å². The van der Waals surface area contributed by atoms with Gasteiger partial charge in [-0.25, -0.2) is 0 Å². The number of phenolic OH excluding ortho intramolecular Hbond substituents is 1. The first-order valence-corrected chi connectivity index (χ1v) is 4.21. The maximum Gasteiger partial charge on any atom is 0.140 e. The highest BCUT2D eigenvalue weighted by atomic mass is 79.9. The molecule has 1 aromatic rings. The summed E-state index contributed by atoms with van der Waals surface area (Å²) >= 11 is 3.26. The zero-order valence-electron chi connectivity index (χ0n) is 5.80. The molecular formula is C8H7BrO2. The Kier molecular flexibility index (Phi) is 1.53. The van der Waals surface area contributed by atoms with Crippen LogP contribution in [0.1, 0.15) is 5.56 Å². The lowest BCUT2D eigenvalue weighted by molar-refractivity contribution is 0.352. The Morgan fingerprint density at radius 2 is 2.27 bits per heavy atom. The third-order valence-electron chi connectivity index (χ3n) is 1.78. The van der Waals surface area contributed by atoms with Crippen LogP contribution >= 0.6 is 15.9 Å². The summed E-state index contributed by atoms with van der Waals surface area (Å²) in [7, 11) is 0. The van der Waals surface area contributed by atoms with E-state index in [1.807, 2.05) is 6.07 Å². The van der Waals surface area contributed by atoms with Crippen LogP contribution in [-0.4, -0.2) is 11.7 Å². The monoisotopic (exact) mass is 214 g/mol. The molecule has 11 heavy (non-hydrogen) atoms. The van der Waals surface area contributed by atoms with Crippen LogP contribution in [-0.2, 0) is 6.42 Å². The van der Waals surface area contributed by atoms with Gasteiger partial charge in [-0.3, -0.25) is 0 Å². The summed E-state index contributed by atoms with van der Waals surface area (Å²) in [6, 6.07) is 3.57. The van der Waals surface area contributed by atoms with Crippen molar-refractivity contribution in [2.45, 2.75) is 6.42 Å². The molecule has 58 valence electrons. The summed E-state index contributed by atoms with van der Waals surface area (Å²) in [5.41, 5.74) is 1.16. The van der Waals surface area contributed by atoms with Gasteiger partial charge in [0.2, 0.25) is 0 Å². The third-order valence-corrected chi connectivity index (χ3v) is 2.54. The van der Waals surface area contributed by atoms with Gasteiger partial charge in [-0.2, -0.15) is 0 Å². The molecule has 0 saturated heterocycles. The van der Waals surface area contributed by atoms with Crippen LogP contribution in [0.25, 0.3) is 0 Å². The molecule has 0 aliphatic carbocycles. The highest BCUT2D eigenvalue weighted by molar-refractivity contribution is 9.10. The summed E-state index contributed by atoms with van der Waals surface area (Å²) in [6.07, 6.45) is 0.939. The normalized spacial score (nSPS) is 14.3. The van der Waals surface area contributed by atoms with E-state index in [4.69, 9.17) is 4.74 Å². The maximum atomic E-state index is 9.26. The lowest BCUT2D eigenvalue weighted by Gasteiger charge is -2.02. The third kappa shape index (κ3) is 0.997. The predicted molar refractivity (Wildman–Crippen MR) is 45.0 cm³/mol. The van der Waals surface area contributed by atoms with Crippen LogP contribution in [0, 0.1) is 0 Å². The van der Waals surface area contributed by atoms with Crippen LogP contribution < -0.4 is 4.74 Å². The van der Waals surface area contributed by atoms with Crippen molar-refractivity contribution < 1.29 is 9.84 Å². The van der Waals surface area contributed by atoms with E-state index in [0.29, 0.717) is 4.47 Å². The van der Waals surface area contributed by atoms with Crippen molar-refractivity contribution in [3.05, 3.63) is 22.2 Å². The number of halogens is 1. The molecule has 0 bridgehead atoms. The summed E-state index contributed by atoms with van der Waals surface area (Å²) in [5.74, 6) is 1.04. The molecule has 0 spiro atoms. The van der Waals surface area contributed by atoms with E-state index < -0.39 is 0 Å². The van der Waals surface area contributed by atoms with Crippen molar-refractivity contribution >= 4 is 15.9 Å². The molecule has 1 aromatic carbocycles. The number of phenols is 1. The number of benzene rings is 1. The molecule has 2 rings (SSSR count). The minimum absolute atomic E-state index is 0.241. The SMILES string of the molecule is Oc1ccc2c(c1Br)OCC2. The van der Waals surface area contributed by atoms with Crippen molar-refractivity contribution in [3.8, 4) is 11.5 Å². The van der Waals surface area contributed by atoms with Gasteiger partial charge in [-0.05, 0) is 27.6 Å². The first kappa shape index (κ1) is 6.98. The van der Waals surface area contributed by atoms with E-state index in [0.717, 1.165) is 24.3 Å². The predicted octanol–water partition coefficient (Wildman–Crippen LogP) is 2.09. The smallest absolute Gasteiger partial charge is 0.140 e. The van der Waals surface area contributed by atoms with Gasteiger partial charge in [0.1, 0.15) is 16.0 Å². The van der Waals surface area contributed by atoms with Gasteiger partial charge in [0, 0.05) is 6.42 Å². The van der Waals surface area contributed by atoms with Gasteiger partial charge >= 0.3 is 0 Å². The second-order valence-corrected chi connectivity index (χ2v) is 3.28. The summed E-state index contributed by atoms with van der Waals surface area (Å²) in [5, 5.41) is 9.26. The minimum Gasteiger partial charge on any atom is -0.507 e. The lowest BCUT2D eigenvalue weighted by Crippen LogP contribution is -1.86. The number of rotatable bonds is 0. The molecule has 1 aliphatic rings. The van der Waals surface area contributed by atoms with E-state index in [1.54, 1.807) is 6.07 Å². The molecule has 0 radical (unpaired) electrons. The second kappa shape index (κ2) is 2.41. The van der Waals surface area contributed by atoms with Crippen molar-refractivity contribution in [1.82, 2.24) is 0 Å². The van der Waals surface area contributed by atoms with Gasteiger partial charge in [0.25, 0.3) is 0 Å². The Morgan fingerprint density at radius 3 is 3.09 bits per heavy atom. The van der Waals surface area contributed by atoms with Crippen molar-refractivity contribution in [1.29, 1.82) is 0 Å². The van der Waals surface area contributed by atoms with Crippen molar-refractivity contribution in [2.75, 3.05) is 6.61 Å². The molecule has 0 amide bonds. The fourth-order valence-corrected chi connectivity index (χ4v) is 1.70. The van der Waals surface area contributed by atoms with E-state index >= 15 is 0 Å². The average molecular weight is 215 g/mol. The molecule has 0 atom stereocenters. The van der Waals surface area contributed by atoms with E-state index in [9.17, 15) is 5.11 Å². The largest absolute Gasteiger partial charge is 0.507 e. The number of fused-ring (bicyclic) bond motifs is 1. The van der Waals surface area contributed by atoms with Gasteiger partial charge in [0.15, 0.2) is 0 Å². The quantitative estimate of drug-likeness (QED) is 0.717. The zero-order chi connectivity index (χ0) is 7.84. The molecule has 2 nitrogen and oxygen atoms in total. The minimum atomic E-state index is 0.241. The molecule has 0 fully saturated rings. The Hall–Kier alpha value is -0.700. The fraction of sp³-hybridized carbons (Fsp3) is 0.250. The van der Waals surface area contributed by atoms with Crippen LogP contribution in [0.2, 0.25) is 0 Å². The molecule has 1 aliphatic heterocycles. The van der Waals surface area contributed by atoms with Crippen LogP contribution in [0.3, 0.4) is 0 Å². The van der Waals surface area contributed by atoms with Crippen LogP contribution in [0.15, 0.2) is 16.6 Å². The Labute approximate surface area is 72.9 Å². The first-order chi connectivity index (χ1) is 5.29. The summed E-state index contributed by atoms with van der Waals surface area (Å²) < 4.78 is 5.98. The standard InChI is InChI=1S/C8H7BrO2/c9-7-6(10)2-1-5-3-4-11-8(5)7/h1-2,10H,3-4H2. The number of ether oxygens (including phenoxy) is 1. The van der Waals surface area contributed by atoms with Crippen molar-refractivity contribution in [2.24, 2.45) is 0 Å². The molecular weight excluding hydrogens is 208 g/mol. The maximum absolute atomic E-state index is 9.26. The van der Waals surface area contributed by atoms with Crippen LogP contribution in [0.4, 0.5) is 0 Å². The average Bonchev–Trinajstić information content (AvgIpc) is 2.45. The van der Waals surface area contributed by atoms with Gasteiger partial charge < -0.3 is 9.84 Å². The highest BCUT2D eigenvalue weighted by Crippen LogP contribution is 2.39. The van der Waals surface area contributed by atoms with E-state index in [2.05, 4.69) is 15.9 Å². The zero-order valence-corrected chi connectivity index (χ0v) is 7.39. The topological polar surface area (TPSA) is 29.5 Å². The van der Waals surface area contributed by atoms with E-state index in [1.165, 1.54) is 0 Å². The second-order valence-electron chi connectivity index (χ2n) is 2.49. The first-order valence-electron chi connectivity index (χ1n) is 3.42. The number of hydrogen-bond acceptors (Lipinski definition) is 2. The molecule has 0 unspecified atom stereocenters. The molecule has 0 aromatic heterocycles. The highest BCUT2D eigenvalue weighted by Gasteiger charge is 2.16. The molecule has 0 saturated carbocycles. The molecule has 1 N–H and O–H groups in total. The molecule has 1 heterocycles. The Balaban J connectivity index is 2.62. The lowest BCUT2D eigenvalue weighted by atomic mass is 10.2. The van der Waals surface area contributed by atoms with Gasteiger partial charge in [0.05, 0.1) is 6.61 Å². The van der Waals surface area contributed by atoms with Crippen LogP contribution in [0.5, 0.6) is 11.5 Å². The number of aromatic hydroxyl groups is 1. The number of hydrogen-bond donors (Lipinski definition) is 1. The Morgan fingerprint density at radius 1 is 1.45 bits per heavy atom. The summed E-state index contributed by atoms with van der Waals surface area (Å²) in [6.45, 7) is 0.720. The van der Waals surface area contributed by atoms with Crippen molar-refractivity contribution in [3.63, 3.8) is 0 Å². The van der Waals surface area contributed by atoms with Gasteiger partial charge in [-0.15, -0.1) is 0 Å².